The molecule has 1 aromatic carbocycles. The van der Waals surface area contributed by atoms with Crippen LogP contribution in [-0.4, -0.2) is 24.2 Å². The highest BCUT2D eigenvalue weighted by atomic mass is 32.1. The maximum Gasteiger partial charge on any atom is 0.174 e. The molecule has 0 radical (unpaired) electrons. The number of furan rings is 1. The van der Waals surface area contributed by atoms with Gasteiger partial charge in [0.25, 0.3) is 0 Å². The maximum absolute atomic E-state index is 6.00. The van der Waals surface area contributed by atoms with Gasteiger partial charge < -0.3 is 19.5 Å². The molecule has 3 aromatic rings. The number of hydrogen-bond donors (Lipinski definition) is 1. The predicted octanol–water partition coefficient (Wildman–Crippen LogP) is 4.23. The molecule has 1 saturated heterocycles. The van der Waals surface area contributed by atoms with Gasteiger partial charge in [-0.15, -0.1) is 0 Å². The molecule has 1 aliphatic heterocycles. The maximum atomic E-state index is 6.00. The summed E-state index contributed by atoms with van der Waals surface area (Å²) in [5.41, 5.74) is 3.10. The van der Waals surface area contributed by atoms with Gasteiger partial charge in [0.05, 0.1) is 11.7 Å². The minimum absolute atomic E-state index is 0.0854. The van der Waals surface area contributed by atoms with Gasteiger partial charge in [0, 0.05) is 31.7 Å². The summed E-state index contributed by atoms with van der Waals surface area (Å²) in [4.78, 5) is 8.74. The van der Waals surface area contributed by atoms with E-state index in [0.29, 0.717) is 5.11 Å². The quantitative estimate of drug-likeness (QED) is 0.686. The summed E-state index contributed by atoms with van der Waals surface area (Å²) >= 11 is 5.70. The average Bonchev–Trinajstić information content (AvgIpc) is 3.25. The molecule has 0 amide bonds. The van der Waals surface area contributed by atoms with Gasteiger partial charge in [-0.25, -0.2) is 0 Å². The van der Waals surface area contributed by atoms with Crippen LogP contribution in [0, 0.1) is 6.92 Å². The van der Waals surface area contributed by atoms with Crippen molar-refractivity contribution >= 4 is 28.7 Å². The molecule has 1 fully saturated rings. The van der Waals surface area contributed by atoms with E-state index in [1.165, 1.54) is 0 Å². The normalized spacial score (nSPS) is 19.2. The fourth-order valence-electron chi connectivity index (χ4n) is 3.45. The first-order chi connectivity index (χ1) is 13.0. The summed E-state index contributed by atoms with van der Waals surface area (Å²) in [5, 5.41) is 4.11. The Balaban J connectivity index is 1.78. The number of aromatic nitrogens is 1. The van der Waals surface area contributed by atoms with Crippen LogP contribution >= 0.6 is 12.2 Å². The molecule has 1 aliphatic rings. The Morgan fingerprint density at radius 1 is 1.07 bits per heavy atom. The van der Waals surface area contributed by atoms with Crippen molar-refractivity contribution in [1.82, 2.24) is 10.3 Å². The summed E-state index contributed by atoms with van der Waals surface area (Å²) in [6.07, 6.45) is 1.80. The summed E-state index contributed by atoms with van der Waals surface area (Å²) < 4.78 is 6.00. The first-order valence-corrected chi connectivity index (χ1v) is 9.30. The van der Waals surface area contributed by atoms with Crippen LogP contribution in [0.5, 0.6) is 0 Å². The van der Waals surface area contributed by atoms with Crippen molar-refractivity contribution in [2.75, 3.05) is 23.9 Å². The third kappa shape index (κ3) is 3.28. The highest BCUT2D eigenvalue weighted by molar-refractivity contribution is 7.80. The summed E-state index contributed by atoms with van der Waals surface area (Å²) in [6.45, 7) is 1.95. The van der Waals surface area contributed by atoms with E-state index in [1.807, 2.05) is 51.4 Å². The fourth-order valence-corrected chi connectivity index (χ4v) is 3.79. The molecule has 27 heavy (non-hydrogen) atoms. The van der Waals surface area contributed by atoms with Crippen molar-refractivity contribution in [3.8, 4) is 0 Å². The second-order valence-electron chi connectivity index (χ2n) is 6.86. The molecule has 0 spiro atoms. The molecular weight excluding hydrogens is 356 g/mol. The van der Waals surface area contributed by atoms with Gasteiger partial charge >= 0.3 is 0 Å². The largest absolute Gasteiger partial charge is 0.464 e. The standard InChI is InChI=1S/C21H22N4OS/c1-14-7-12-18(26-14)20-19(17-6-4-5-13-22-17)23-21(27)25(20)16-10-8-15(9-11-16)24(2)3/h4-13,19-20H,1-3H3,(H,23,27)/t19-,20-/m0/s1. The van der Waals surface area contributed by atoms with E-state index in [9.17, 15) is 0 Å². The topological polar surface area (TPSA) is 44.5 Å². The Labute approximate surface area is 164 Å². The van der Waals surface area contributed by atoms with E-state index in [0.717, 1.165) is 28.6 Å². The number of nitrogens with one attached hydrogen (secondary N) is 1. The Kier molecular flexibility index (Phi) is 4.58. The van der Waals surface area contributed by atoms with Crippen LogP contribution in [0.1, 0.15) is 29.3 Å². The van der Waals surface area contributed by atoms with E-state index in [-0.39, 0.29) is 12.1 Å². The van der Waals surface area contributed by atoms with Crippen LogP contribution in [0.4, 0.5) is 11.4 Å². The average molecular weight is 379 g/mol. The Bertz CT molecular complexity index is 936. The van der Waals surface area contributed by atoms with E-state index >= 15 is 0 Å². The molecule has 1 N–H and O–H groups in total. The van der Waals surface area contributed by atoms with Gasteiger partial charge in [0.15, 0.2) is 5.11 Å². The molecule has 0 unspecified atom stereocenters. The van der Waals surface area contributed by atoms with E-state index in [1.54, 1.807) is 6.20 Å². The fraction of sp³-hybridized carbons (Fsp3) is 0.238. The molecule has 6 heteroatoms. The molecule has 3 heterocycles. The smallest absolute Gasteiger partial charge is 0.174 e. The van der Waals surface area contributed by atoms with Crippen molar-refractivity contribution in [2.45, 2.75) is 19.0 Å². The Hall–Kier alpha value is -2.86. The lowest BCUT2D eigenvalue weighted by molar-refractivity contribution is 0.418. The van der Waals surface area contributed by atoms with Gasteiger partial charge in [-0.05, 0) is 67.7 Å². The predicted molar refractivity (Wildman–Crippen MR) is 112 cm³/mol. The number of rotatable bonds is 4. The Morgan fingerprint density at radius 2 is 1.85 bits per heavy atom. The summed E-state index contributed by atoms with van der Waals surface area (Å²) in [7, 11) is 4.06. The van der Waals surface area contributed by atoms with Gasteiger partial charge in [0.1, 0.15) is 17.6 Å². The monoisotopic (exact) mass is 378 g/mol. The third-order valence-corrected chi connectivity index (χ3v) is 5.11. The molecule has 0 aliphatic carbocycles. The van der Waals surface area contributed by atoms with Crippen LogP contribution in [-0.2, 0) is 0 Å². The zero-order chi connectivity index (χ0) is 19.0. The number of thiocarbonyl (C=S) groups is 1. The second-order valence-corrected chi connectivity index (χ2v) is 7.24. The molecule has 0 saturated carbocycles. The number of anilines is 2. The van der Waals surface area contributed by atoms with Crippen LogP contribution in [0.3, 0.4) is 0 Å². The highest BCUT2D eigenvalue weighted by Crippen LogP contribution is 2.42. The van der Waals surface area contributed by atoms with Crippen LogP contribution in [0.2, 0.25) is 0 Å². The molecule has 2 atom stereocenters. The van der Waals surface area contributed by atoms with E-state index in [4.69, 9.17) is 16.6 Å². The number of hydrogen-bond acceptors (Lipinski definition) is 4. The molecular formula is C21H22N4OS. The van der Waals surface area contributed by atoms with Gasteiger partial charge in [-0.1, -0.05) is 6.07 Å². The zero-order valence-electron chi connectivity index (χ0n) is 15.6. The zero-order valence-corrected chi connectivity index (χ0v) is 16.4. The van der Waals surface area contributed by atoms with Crippen molar-refractivity contribution in [3.63, 3.8) is 0 Å². The van der Waals surface area contributed by atoms with E-state index in [2.05, 4.69) is 44.4 Å². The minimum atomic E-state index is -0.105. The third-order valence-electron chi connectivity index (χ3n) is 4.80. The number of aryl methyl sites for hydroxylation is 1. The minimum Gasteiger partial charge on any atom is -0.464 e. The van der Waals surface area contributed by atoms with Crippen LogP contribution in [0.25, 0.3) is 0 Å². The first-order valence-electron chi connectivity index (χ1n) is 8.89. The lowest BCUT2D eigenvalue weighted by Crippen LogP contribution is -2.29. The summed E-state index contributed by atoms with van der Waals surface area (Å²) in [6, 6.07) is 18.1. The molecule has 0 bridgehead atoms. The number of pyridine rings is 1. The first kappa shape index (κ1) is 17.5. The van der Waals surface area contributed by atoms with Crippen molar-refractivity contribution < 1.29 is 4.42 Å². The van der Waals surface area contributed by atoms with Crippen molar-refractivity contribution in [2.24, 2.45) is 0 Å². The van der Waals surface area contributed by atoms with Gasteiger partial charge in [0.2, 0.25) is 0 Å². The molecule has 4 rings (SSSR count). The Morgan fingerprint density at radius 3 is 2.44 bits per heavy atom. The van der Waals surface area contributed by atoms with Gasteiger partial charge in [-0.2, -0.15) is 0 Å². The number of nitrogens with zero attached hydrogens (tertiary/aromatic N) is 3. The van der Waals surface area contributed by atoms with Crippen molar-refractivity contribution in [1.29, 1.82) is 0 Å². The van der Waals surface area contributed by atoms with Crippen LogP contribution < -0.4 is 15.1 Å². The highest BCUT2D eigenvalue weighted by Gasteiger charge is 2.42. The lowest BCUT2D eigenvalue weighted by atomic mass is 10.0. The molecule has 5 nitrogen and oxygen atoms in total. The summed E-state index contributed by atoms with van der Waals surface area (Å²) in [5.74, 6) is 1.75. The SMILES string of the molecule is Cc1ccc([C@H]2[C@H](c3ccccn3)NC(=S)N2c2ccc(N(C)C)cc2)o1. The molecule has 2 aromatic heterocycles. The second kappa shape index (κ2) is 7.04. The van der Waals surface area contributed by atoms with E-state index < -0.39 is 0 Å². The van der Waals surface area contributed by atoms with Crippen LogP contribution in [0.15, 0.2) is 65.2 Å². The molecule has 138 valence electrons. The van der Waals surface area contributed by atoms with Crippen molar-refractivity contribution in [3.05, 3.63) is 78.0 Å². The lowest BCUT2D eigenvalue weighted by Gasteiger charge is -2.26. The van der Waals surface area contributed by atoms with Gasteiger partial charge in [-0.3, -0.25) is 4.98 Å². The number of benzene rings is 1.